The molecular formula is C9H9ClFNO3. The molecule has 0 fully saturated rings. The van der Waals surface area contributed by atoms with Crippen molar-refractivity contribution in [1.82, 2.24) is 0 Å². The smallest absolute Gasteiger partial charge is 0.325 e. The van der Waals surface area contributed by atoms with Gasteiger partial charge in [0.15, 0.2) is 0 Å². The highest BCUT2D eigenvalue weighted by Gasteiger charge is 2.20. The first-order valence-electron chi connectivity index (χ1n) is 3.98. The van der Waals surface area contributed by atoms with Gasteiger partial charge < -0.3 is 15.6 Å². The Hall–Kier alpha value is -1.33. The van der Waals surface area contributed by atoms with Crippen molar-refractivity contribution in [3.8, 4) is 5.75 Å². The Balaban J connectivity index is 3.27. The fraction of sp³-hybridized carbons (Fsp3) is 0.222. The minimum absolute atomic E-state index is 0.0129. The van der Waals surface area contributed by atoms with Crippen LogP contribution in [0.15, 0.2) is 12.1 Å². The lowest BCUT2D eigenvalue weighted by Crippen LogP contribution is -2.21. The number of carbonyl (C=O) groups is 1. The molecule has 1 atom stereocenters. The Morgan fingerprint density at radius 3 is 2.73 bits per heavy atom. The third-order valence-corrected chi connectivity index (χ3v) is 2.27. The maximum Gasteiger partial charge on any atom is 0.325 e. The van der Waals surface area contributed by atoms with Crippen LogP contribution < -0.4 is 10.5 Å². The molecule has 0 radical (unpaired) electrons. The Morgan fingerprint density at radius 2 is 2.27 bits per heavy atom. The number of methoxy groups -OCH3 is 1. The molecule has 1 unspecified atom stereocenters. The lowest BCUT2D eigenvalue weighted by atomic mass is 10.1. The van der Waals surface area contributed by atoms with Gasteiger partial charge in [-0.15, -0.1) is 0 Å². The largest absolute Gasteiger partial charge is 0.497 e. The molecule has 0 spiro atoms. The van der Waals surface area contributed by atoms with Gasteiger partial charge in [-0.25, -0.2) is 4.39 Å². The quantitative estimate of drug-likeness (QED) is 0.831. The summed E-state index contributed by atoms with van der Waals surface area (Å²) in [6.07, 6.45) is 0. The first-order valence-corrected chi connectivity index (χ1v) is 4.36. The highest BCUT2D eigenvalue weighted by molar-refractivity contribution is 6.31. The van der Waals surface area contributed by atoms with E-state index in [1.165, 1.54) is 13.2 Å². The first kappa shape index (κ1) is 11.7. The minimum atomic E-state index is -1.37. The summed E-state index contributed by atoms with van der Waals surface area (Å²) in [4.78, 5) is 10.6. The molecule has 0 bridgehead atoms. The monoisotopic (exact) mass is 233 g/mol. The zero-order valence-corrected chi connectivity index (χ0v) is 8.58. The average molecular weight is 234 g/mol. The molecule has 1 aromatic rings. The molecular weight excluding hydrogens is 225 g/mol. The van der Waals surface area contributed by atoms with Gasteiger partial charge in [0.1, 0.15) is 17.6 Å². The van der Waals surface area contributed by atoms with Crippen molar-refractivity contribution in [3.05, 3.63) is 28.5 Å². The summed E-state index contributed by atoms with van der Waals surface area (Å²) in [5.41, 5.74) is 5.31. The van der Waals surface area contributed by atoms with Crippen LogP contribution in [0.2, 0.25) is 5.02 Å². The van der Waals surface area contributed by atoms with Crippen molar-refractivity contribution >= 4 is 17.6 Å². The number of hydrogen-bond donors (Lipinski definition) is 2. The molecule has 0 aromatic heterocycles. The highest BCUT2D eigenvalue weighted by Crippen LogP contribution is 2.29. The summed E-state index contributed by atoms with van der Waals surface area (Å²) in [7, 11) is 1.33. The summed E-state index contributed by atoms with van der Waals surface area (Å²) in [5, 5.41) is 8.37. The van der Waals surface area contributed by atoms with Crippen LogP contribution in [-0.4, -0.2) is 18.2 Å². The van der Waals surface area contributed by atoms with Crippen molar-refractivity contribution < 1.29 is 19.0 Å². The molecule has 0 aliphatic heterocycles. The Bertz CT molecular complexity index is 397. The van der Waals surface area contributed by atoms with Crippen molar-refractivity contribution in [3.63, 3.8) is 0 Å². The highest BCUT2D eigenvalue weighted by atomic mass is 35.5. The maximum atomic E-state index is 13.2. The maximum absolute atomic E-state index is 13.2. The molecule has 1 rings (SSSR count). The minimum Gasteiger partial charge on any atom is -0.497 e. The number of benzene rings is 1. The molecule has 82 valence electrons. The van der Waals surface area contributed by atoms with E-state index >= 15 is 0 Å². The van der Waals surface area contributed by atoms with Gasteiger partial charge in [0.25, 0.3) is 0 Å². The fourth-order valence-electron chi connectivity index (χ4n) is 1.06. The van der Waals surface area contributed by atoms with E-state index in [1.54, 1.807) is 0 Å². The van der Waals surface area contributed by atoms with E-state index in [2.05, 4.69) is 0 Å². The number of aliphatic carboxylic acids is 1. The van der Waals surface area contributed by atoms with Gasteiger partial charge in [-0.3, -0.25) is 4.79 Å². The third-order valence-electron chi connectivity index (χ3n) is 1.87. The van der Waals surface area contributed by atoms with E-state index in [-0.39, 0.29) is 16.3 Å². The molecule has 15 heavy (non-hydrogen) atoms. The van der Waals surface area contributed by atoms with Crippen LogP contribution in [0, 0.1) is 5.82 Å². The topological polar surface area (TPSA) is 72.5 Å². The van der Waals surface area contributed by atoms with Crippen LogP contribution in [0.4, 0.5) is 4.39 Å². The molecule has 0 saturated carbocycles. The van der Waals surface area contributed by atoms with Crippen molar-refractivity contribution in [2.45, 2.75) is 6.04 Å². The predicted molar refractivity (Wildman–Crippen MR) is 52.5 cm³/mol. The number of carboxylic acids is 1. The van der Waals surface area contributed by atoms with E-state index in [0.29, 0.717) is 0 Å². The molecule has 6 heteroatoms. The number of rotatable bonds is 3. The zero-order valence-electron chi connectivity index (χ0n) is 7.83. The van der Waals surface area contributed by atoms with E-state index < -0.39 is 17.8 Å². The summed E-state index contributed by atoms with van der Waals surface area (Å²) >= 11 is 5.59. The second-order valence-corrected chi connectivity index (χ2v) is 3.21. The molecule has 0 saturated heterocycles. The predicted octanol–water partition coefficient (Wildman–Crippen LogP) is 1.57. The zero-order chi connectivity index (χ0) is 11.6. The molecule has 1 aromatic carbocycles. The standard InChI is InChI=1S/C9H9ClFNO3/c1-15-4-2-5(8(12)9(13)14)7(10)6(11)3-4/h2-3,8H,12H2,1H3,(H,13,14). The van der Waals surface area contributed by atoms with Crippen LogP contribution >= 0.6 is 11.6 Å². The fourth-order valence-corrected chi connectivity index (χ4v) is 1.29. The second-order valence-electron chi connectivity index (χ2n) is 2.83. The van der Waals surface area contributed by atoms with E-state index in [1.807, 2.05) is 0 Å². The number of ether oxygens (including phenoxy) is 1. The van der Waals surface area contributed by atoms with Gasteiger partial charge in [0.05, 0.1) is 12.1 Å². The van der Waals surface area contributed by atoms with E-state index in [0.717, 1.165) is 6.07 Å². The Kier molecular flexibility index (Phi) is 3.49. The Morgan fingerprint density at radius 1 is 1.67 bits per heavy atom. The molecule has 3 N–H and O–H groups in total. The SMILES string of the molecule is COc1cc(F)c(Cl)c(C(N)C(=O)O)c1. The molecule has 0 amide bonds. The van der Waals surface area contributed by atoms with E-state index in [9.17, 15) is 9.18 Å². The normalized spacial score (nSPS) is 12.3. The lowest BCUT2D eigenvalue weighted by Gasteiger charge is -2.11. The first-order chi connectivity index (χ1) is 6.97. The second kappa shape index (κ2) is 4.46. The third kappa shape index (κ3) is 2.37. The lowest BCUT2D eigenvalue weighted by molar-refractivity contribution is -0.138. The average Bonchev–Trinajstić information content (AvgIpc) is 2.20. The van der Waals surface area contributed by atoms with Gasteiger partial charge in [-0.2, -0.15) is 0 Å². The van der Waals surface area contributed by atoms with Gasteiger partial charge in [0.2, 0.25) is 0 Å². The van der Waals surface area contributed by atoms with Crippen LogP contribution in [0.25, 0.3) is 0 Å². The number of carboxylic acid groups (broad SMARTS) is 1. The van der Waals surface area contributed by atoms with E-state index in [4.69, 9.17) is 27.2 Å². The van der Waals surface area contributed by atoms with Crippen LogP contribution in [0.1, 0.15) is 11.6 Å². The number of halogens is 2. The molecule has 0 aliphatic rings. The molecule has 4 nitrogen and oxygen atoms in total. The van der Waals surface area contributed by atoms with Crippen molar-refractivity contribution in [2.24, 2.45) is 5.73 Å². The van der Waals surface area contributed by atoms with Crippen LogP contribution in [-0.2, 0) is 4.79 Å². The summed E-state index contributed by atoms with van der Waals surface area (Å²) in [6, 6.07) is 0.979. The number of nitrogens with two attached hydrogens (primary N) is 1. The van der Waals surface area contributed by atoms with Gasteiger partial charge in [-0.05, 0) is 6.07 Å². The van der Waals surface area contributed by atoms with Gasteiger partial charge in [0, 0.05) is 11.6 Å². The van der Waals surface area contributed by atoms with Crippen LogP contribution in [0.5, 0.6) is 5.75 Å². The van der Waals surface area contributed by atoms with Crippen molar-refractivity contribution in [1.29, 1.82) is 0 Å². The molecule has 0 aliphatic carbocycles. The summed E-state index contributed by atoms with van der Waals surface area (Å²) in [5.74, 6) is -1.88. The van der Waals surface area contributed by atoms with Gasteiger partial charge >= 0.3 is 5.97 Å². The molecule has 0 heterocycles. The van der Waals surface area contributed by atoms with Crippen LogP contribution in [0.3, 0.4) is 0 Å². The number of hydrogen-bond acceptors (Lipinski definition) is 3. The summed E-state index contributed by atoms with van der Waals surface area (Å²) in [6.45, 7) is 0. The Labute approximate surface area is 90.4 Å². The summed E-state index contributed by atoms with van der Waals surface area (Å²) < 4.78 is 18.0. The van der Waals surface area contributed by atoms with Gasteiger partial charge in [-0.1, -0.05) is 11.6 Å². The van der Waals surface area contributed by atoms with Crippen molar-refractivity contribution in [2.75, 3.05) is 7.11 Å².